The van der Waals surface area contributed by atoms with Gasteiger partial charge in [0.15, 0.2) is 0 Å². The quantitative estimate of drug-likeness (QED) is 0.840. The minimum absolute atomic E-state index is 0.00554. The van der Waals surface area contributed by atoms with Gasteiger partial charge in [-0.1, -0.05) is 6.07 Å². The number of halogens is 2. The van der Waals surface area contributed by atoms with Crippen molar-refractivity contribution in [2.24, 2.45) is 5.92 Å². The van der Waals surface area contributed by atoms with Crippen LogP contribution in [0.2, 0.25) is 0 Å². The summed E-state index contributed by atoms with van der Waals surface area (Å²) in [6, 6.07) is 5.59. The van der Waals surface area contributed by atoms with E-state index in [1.165, 1.54) is 12.1 Å². The molecule has 5 heteroatoms. The number of hydrogen-bond acceptors (Lipinski definition) is 2. The molecule has 1 aliphatic heterocycles. The number of rotatable bonds is 3. The molecule has 1 atom stereocenters. The fraction of sp³-hybridized carbons (Fsp3) is 0.429. The molecular weight excluding hydrogens is 250 g/mol. The van der Waals surface area contributed by atoms with E-state index in [4.69, 9.17) is 5.26 Å². The number of amides is 1. The van der Waals surface area contributed by atoms with Crippen LogP contribution in [0.25, 0.3) is 0 Å². The van der Waals surface area contributed by atoms with Crippen molar-refractivity contribution in [1.82, 2.24) is 4.90 Å². The van der Waals surface area contributed by atoms with E-state index in [-0.39, 0.29) is 11.8 Å². The lowest BCUT2D eigenvalue weighted by Gasteiger charge is -2.29. The third kappa shape index (κ3) is 3.28. The van der Waals surface area contributed by atoms with Crippen LogP contribution >= 0.6 is 0 Å². The molecule has 19 heavy (non-hydrogen) atoms. The van der Waals surface area contributed by atoms with Crippen molar-refractivity contribution in [2.45, 2.75) is 19.3 Å². The van der Waals surface area contributed by atoms with Gasteiger partial charge >= 0.3 is 0 Å². The normalized spacial score (nSPS) is 19.3. The molecule has 1 saturated heterocycles. The molecule has 1 aliphatic rings. The van der Waals surface area contributed by atoms with Crippen molar-refractivity contribution in [3.8, 4) is 6.07 Å². The average Bonchev–Trinajstić information content (AvgIpc) is 2.39. The summed E-state index contributed by atoms with van der Waals surface area (Å²) in [5.41, 5.74) is 0.383. The van der Waals surface area contributed by atoms with E-state index in [2.05, 4.69) is 6.07 Å². The molecule has 100 valence electrons. The first-order chi connectivity index (χ1) is 9.10. The lowest BCUT2D eigenvalue weighted by atomic mass is 9.98. The van der Waals surface area contributed by atoms with Gasteiger partial charge in [0.1, 0.15) is 11.6 Å². The topological polar surface area (TPSA) is 44.1 Å². The van der Waals surface area contributed by atoms with Gasteiger partial charge in [0.05, 0.1) is 12.0 Å². The fourth-order valence-electron chi connectivity index (χ4n) is 2.22. The highest BCUT2D eigenvalue weighted by atomic mass is 19.1. The fourth-order valence-corrected chi connectivity index (χ4v) is 2.22. The van der Waals surface area contributed by atoms with Crippen LogP contribution in [-0.4, -0.2) is 23.9 Å². The van der Waals surface area contributed by atoms with E-state index in [1.807, 2.05) is 0 Å². The van der Waals surface area contributed by atoms with Crippen LogP contribution in [0, 0.1) is 28.9 Å². The molecule has 0 spiro atoms. The Balaban J connectivity index is 1.97. The molecule has 0 saturated carbocycles. The summed E-state index contributed by atoms with van der Waals surface area (Å²) in [6.07, 6.45) is 1.29. The summed E-state index contributed by atoms with van der Waals surface area (Å²) in [7, 11) is 0. The standard InChI is InChI=1S/C14H14F2N2O/c15-12-3-2-11(13(16)7-12)5-6-18-9-10(8-17)1-4-14(18)19/h2-3,7,10H,1,4-6,9H2. The smallest absolute Gasteiger partial charge is 0.222 e. The molecule has 1 unspecified atom stereocenters. The number of piperidine rings is 1. The summed E-state index contributed by atoms with van der Waals surface area (Å²) in [5.74, 6) is -1.36. The second kappa shape index (κ2) is 5.79. The number of benzene rings is 1. The monoisotopic (exact) mass is 264 g/mol. The highest BCUT2D eigenvalue weighted by molar-refractivity contribution is 5.77. The highest BCUT2D eigenvalue weighted by Gasteiger charge is 2.25. The number of nitrogens with zero attached hydrogens (tertiary/aromatic N) is 2. The minimum Gasteiger partial charge on any atom is -0.341 e. The summed E-state index contributed by atoms with van der Waals surface area (Å²) >= 11 is 0. The van der Waals surface area contributed by atoms with E-state index in [1.54, 1.807) is 4.90 Å². The second-order valence-electron chi connectivity index (χ2n) is 4.69. The average molecular weight is 264 g/mol. The zero-order chi connectivity index (χ0) is 13.8. The lowest BCUT2D eigenvalue weighted by molar-refractivity contribution is -0.134. The molecule has 0 aromatic heterocycles. The largest absolute Gasteiger partial charge is 0.341 e. The number of likely N-dealkylation sites (tertiary alicyclic amines) is 1. The van der Waals surface area contributed by atoms with Crippen molar-refractivity contribution >= 4 is 5.91 Å². The number of nitriles is 1. The Labute approximate surface area is 110 Å². The predicted octanol–water partition coefficient (Wildman–Crippen LogP) is 2.27. The Bertz CT molecular complexity index is 525. The Morgan fingerprint density at radius 1 is 1.42 bits per heavy atom. The molecule has 0 aliphatic carbocycles. The molecule has 1 fully saturated rings. The summed E-state index contributed by atoms with van der Waals surface area (Å²) in [5, 5.41) is 8.87. The van der Waals surface area contributed by atoms with Gasteiger partial charge in [-0.3, -0.25) is 4.79 Å². The van der Waals surface area contributed by atoms with Gasteiger partial charge in [-0.05, 0) is 24.5 Å². The van der Waals surface area contributed by atoms with E-state index < -0.39 is 11.6 Å². The van der Waals surface area contributed by atoms with Gasteiger partial charge in [-0.2, -0.15) is 5.26 Å². The van der Waals surface area contributed by atoms with Gasteiger partial charge in [-0.15, -0.1) is 0 Å². The highest BCUT2D eigenvalue weighted by Crippen LogP contribution is 2.18. The van der Waals surface area contributed by atoms with Crippen LogP contribution in [0.4, 0.5) is 8.78 Å². The van der Waals surface area contributed by atoms with E-state index >= 15 is 0 Å². The third-order valence-corrected chi connectivity index (χ3v) is 3.35. The van der Waals surface area contributed by atoms with Crippen LogP contribution in [0.15, 0.2) is 18.2 Å². The third-order valence-electron chi connectivity index (χ3n) is 3.35. The van der Waals surface area contributed by atoms with Crippen LogP contribution in [-0.2, 0) is 11.2 Å². The number of carbonyl (C=O) groups excluding carboxylic acids is 1. The van der Waals surface area contributed by atoms with Crippen molar-refractivity contribution in [1.29, 1.82) is 5.26 Å². The van der Waals surface area contributed by atoms with Gasteiger partial charge in [0.2, 0.25) is 5.91 Å². The van der Waals surface area contributed by atoms with Crippen LogP contribution in [0.5, 0.6) is 0 Å². The molecule has 1 heterocycles. The maximum atomic E-state index is 13.4. The molecule has 1 aromatic carbocycles. The minimum atomic E-state index is -0.611. The molecule has 0 N–H and O–H groups in total. The Morgan fingerprint density at radius 3 is 2.89 bits per heavy atom. The summed E-state index contributed by atoms with van der Waals surface area (Å²) in [6.45, 7) is 0.762. The zero-order valence-electron chi connectivity index (χ0n) is 10.4. The maximum absolute atomic E-state index is 13.4. The SMILES string of the molecule is N#CC1CCC(=O)N(CCc2ccc(F)cc2F)C1. The van der Waals surface area contributed by atoms with Crippen LogP contribution in [0.3, 0.4) is 0 Å². The van der Waals surface area contributed by atoms with Gasteiger partial charge in [0.25, 0.3) is 0 Å². The van der Waals surface area contributed by atoms with Crippen molar-refractivity contribution in [2.75, 3.05) is 13.1 Å². The van der Waals surface area contributed by atoms with Crippen LogP contribution < -0.4 is 0 Å². The van der Waals surface area contributed by atoms with Crippen molar-refractivity contribution in [3.63, 3.8) is 0 Å². The first-order valence-electron chi connectivity index (χ1n) is 6.21. The number of carbonyl (C=O) groups is 1. The van der Waals surface area contributed by atoms with Gasteiger partial charge in [-0.25, -0.2) is 8.78 Å². The van der Waals surface area contributed by atoms with E-state index in [0.29, 0.717) is 37.9 Å². The van der Waals surface area contributed by atoms with Crippen molar-refractivity contribution in [3.05, 3.63) is 35.4 Å². The predicted molar refractivity (Wildman–Crippen MR) is 65.0 cm³/mol. The molecule has 1 amide bonds. The first kappa shape index (κ1) is 13.5. The summed E-state index contributed by atoms with van der Waals surface area (Å²) < 4.78 is 26.2. The van der Waals surface area contributed by atoms with E-state index in [9.17, 15) is 13.6 Å². The second-order valence-corrected chi connectivity index (χ2v) is 4.69. The summed E-state index contributed by atoms with van der Waals surface area (Å²) in [4.78, 5) is 13.3. The van der Waals surface area contributed by atoms with E-state index in [0.717, 1.165) is 6.07 Å². The van der Waals surface area contributed by atoms with Crippen molar-refractivity contribution < 1.29 is 13.6 Å². The Kier molecular flexibility index (Phi) is 4.10. The van der Waals surface area contributed by atoms with Crippen LogP contribution in [0.1, 0.15) is 18.4 Å². The molecular formula is C14H14F2N2O. The van der Waals surface area contributed by atoms with Gasteiger partial charge in [0, 0.05) is 25.6 Å². The number of hydrogen-bond donors (Lipinski definition) is 0. The molecule has 3 nitrogen and oxygen atoms in total. The molecule has 1 aromatic rings. The Hall–Kier alpha value is -1.96. The first-order valence-corrected chi connectivity index (χ1v) is 6.21. The molecule has 0 bridgehead atoms. The van der Waals surface area contributed by atoms with Gasteiger partial charge < -0.3 is 4.90 Å². The maximum Gasteiger partial charge on any atom is 0.222 e. The molecule has 2 rings (SSSR count). The lowest BCUT2D eigenvalue weighted by Crippen LogP contribution is -2.40. The molecule has 0 radical (unpaired) electrons. The Morgan fingerprint density at radius 2 is 2.21 bits per heavy atom. The zero-order valence-corrected chi connectivity index (χ0v) is 10.4.